The van der Waals surface area contributed by atoms with E-state index in [9.17, 15) is 4.79 Å². The molecule has 0 unspecified atom stereocenters. The predicted octanol–water partition coefficient (Wildman–Crippen LogP) is 3.40. The number of hydrogen-bond donors (Lipinski definition) is 1. The molecule has 20 heavy (non-hydrogen) atoms. The number of nitrogens with two attached hydrogens (primary N) is 1. The number of anilines is 1. The van der Waals surface area contributed by atoms with Crippen molar-refractivity contribution in [2.24, 2.45) is 0 Å². The van der Waals surface area contributed by atoms with Crippen LogP contribution in [0.1, 0.15) is 15.9 Å². The molecule has 2 N–H and O–H groups in total. The zero-order chi connectivity index (χ0) is 14.5. The van der Waals surface area contributed by atoms with Gasteiger partial charge in [-0.25, -0.2) is 4.79 Å². The first-order valence-electron chi connectivity index (χ1n) is 5.96. The second-order valence-corrected chi connectivity index (χ2v) is 5.05. The highest BCUT2D eigenvalue weighted by Gasteiger charge is 2.15. The fourth-order valence-corrected chi connectivity index (χ4v) is 2.02. The van der Waals surface area contributed by atoms with Gasteiger partial charge in [0.1, 0.15) is 12.2 Å². The van der Waals surface area contributed by atoms with Crippen LogP contribution >= 0.6 is 15.9 Å². The number of rotatable bonds is 4. The second kappa shape index (κ2) is 6.43. The summed E-state index contributed by atoms with van der Waals surface area (Å²) in [4.78, 5) is 12.0. The maximum Gasteiger partial charge on any atom is 0.342 e. The molecular weight excluding hydrogens is 322 g/mol. The fourth-order valence-electron chi connectivity index (χ4n) is 1.75. The summed E-state index contributed by atoms with van der Waals surface area (Å²) in [5, 5.41) is 0. The molecule has 0 aromatic heterocycles. The molecule has 2 aromatic carbocycles. The molecule has 4 nitrogen and oxygen atoms in total. The Bertz CT molecular complexity index is 611. The van der Waals surface area contributed by atoms with Crippen LogP contribution in [0.5, 0.6) is 5.75 Å². The van der Waals surface area contributed by atoms with Crippen LogP contribution in [0.3, 0.4) is 0 Å². The minimum absolute atomic E-state index is 0.198. The Kier molecular flexibility index (Phi) is 4.63. The largest absolute Gasteiger partial charge is 0.494 e. The van der Waals surface area contributed by atoms with E-state index in [1.807, 2.05) is 24.3 Å². The minimum atomic E-state index is -0.461. The van der Waals surface area contributed by atoms with Gasteiger partial charge in [-0.15, -0.1) is 0 Å². The summed E-state index contributed by atoms with van der Waals surface area (Å²) in [6, 6.07) is 12.5. The summed E-state index contributed by atoms with van der Waals surface area (Å²) in [6.07, 6.45) is 0. The van der Waals surface area contributed by atoms with Gasteiger partial charge in [0.25, 0.3) is 0 Å². The zero-order valence-corrected chi connectivity index (χ0v) is 12.5. The van der Waals surface area contributed by atoms with Gasteiger partial charge in [-0.05, 0) is 29.8 Å². The highest BCUT2D eigenvalue weighted by atomic mass is 79.9. The Morgan fingerprint density at radius 3 is 2.55 bits per heavy atom. The molecule has 0 radical (unpaired) electrons. The smallest absolute Gasteiger partial charge is 0.342 e. The molecule has 0 amide bonds. The summed E-state index contributed by atoms with van der Waals surface area (Å²) < 4.78 is 11.4. The van der Waals surface area contributed by atoms with Gasteiger partial charge in [0.2, 0.25) is 0 Å². The van der Waals surface area contributed by atoms with Crippen molar-refractivity contribution in [2.45, 2.75) is 6.61 Å². The monoisotopic (exact) mass is 335 g/mol. The van der Waals surface area contributed by atoms with Crippen LogP contribution in [0.15, 0.2) is 46.9 Å². The Morgan fingerprint density at radius 1 is 1.20 bits per heavy atom. The van der Waals surface area contributed by atoms with Crippen LogP contribution in [0.25, 0.3) is 0 Å². The molecule has 2 rings (SSSR count). The SMILES string of the molecule is COc1c(N)cccc1C(=O)OCc1ccc(Br)cc1. The normalized spacial score (nSPS) is 10.1. The number of carbonyl (C=O) groups excluding carboxylic acids is 1. The number of nitrogen functional groups attached to an aromatic ring is 1. The van der Waals surface area contributed by atoms with E-state index in [1.54, 1.807) is 18.2 Å². The van der Waals surface area contributed by atoms with E-state index in [1.165, 1.54) is 7.11 Å². The van der Waals surface area contributed by atoms with Crippen molar-refractivity contribution >= 4 is 27.6 Å². The van der Waals surface area contributed by atoms with Gasteiger partial charge < -0.3 is 15.2 Å². The lowest BCUT2D eigenvalue weighted by Gasteiger charge is -2.10. The number of benzene rings is 2. The third-order valence-corrected chi connectivity index (χ3v) is 3.28. The number of hydrogen-bond acceptors (Lipinski definition) is 4. The number of halogens is 1. The first-order valence-corrected chi connectivity index (χ1v) is 6.75. The molecule has 0 bridgehead atoms. The summed E-state index contributed by atoms with van der Waals surface area (Å²) >= 11 is 3.35. The number of esters is 1. The van der Waals surface area contributed by atoms with Gasteiger partial charge in [-0.2, -0.15) is 0 Å². The molecular formula is C15H14BrNO3. The lowest BCUT2D eigenvalue weighted by atomic mass is 10.1. The van der Waals surface area contributed by atoms with E-state index in [4.69, 9.17) is 15.2 Å². The lowest BCUT2D eigenvalue weighted by Crippen LogP contribution is -2.08. The van der Waals surface area contributed by atoms with Gasteiger partial charge in [0.05, 0.1) is 12.8 Å². The summed E-state index contributed by atoms with van der Waals surface area (Å²) in [6.45, 7) is 0.198. The summed E-state index contributed by atoms with van der Waals surface area (Å²) in [7, 11) is 1.47. The maximum absolute atomic E-state index is 12.0. The van der Waals surface area contributed by atoms with Crippen LogP contribution in [-0.2, 0) is 11.3 Å². The molecule has 0 saturated carbocycles. The van der Waals surface area contributed by atoms with Gasteiger partial charge in [0.15, 0.2) is 5.75 Å². The highest BCUT2D eigenvalue weighted by molar-refractivity contribution is 9.10. The third kappa shape index (κ3) is 3.30. The molecule has 0 atom stereocenters. The van der Waals surface area contributed by atoms with Crippen molar-refractivity contribution in [2.75, 3.05) is 12.8 Å². The van der Waals surface area contributed by atoms with Gasteiger partial charge in [-0.1, -0.05) is 34.1 Å². The van der Waals surface area contributed by atoms with E-state index >= 15 is 0 Å². The third-order valence-electron chi connectivity index (χ3n) is 2.75. The van der Waals surface area contributed by atoms with Crippen LogP contribution in [0.4, 0.5) is 5.69 Å². The van der Waals surface area contributed by atoms with Crippen molar-refractivity contribution in [1.82, 2.24) is 0 Å². The van der Waals surface area contributed by atoms with Gasteiger partial charge in [0, 0.05) is 4.47 Å². The van der Waals surface area contributed by atoms with Crippen molar-refractivity contribution < 1.29 is 14.3 Å². The molecule has 2 aromatic rings. The Balaban J connectivity index is 2.09. The molecule has 0 fully saturated rings. The molecule has 104 valence electrons. The number of para-hydroxylation sites is 1. The Morgan fingerprint density at radius 2 is 1.90 bits per heavy atom. The zero-order valence-electron chi connectivity index (χ0n) is 10.9. The number of methoxy groups -OCH3 is 1. The molecule has 0 saturated heterocycles. The Hall–Kier alpha value is -2.01. The van der Waals surface area contributed by atoms with Crippen LogP contribution in [0, 0.1) is 0 Å². The first-order chi connectivity index (χ1) is 9.61. The molecule has 0 aliphatic carbocycles. The first kappa shape index (κ1) is 14.4. The molecule has 0 spiro atoms. The topological polar surface area (TPSA) is 61.5 Å². The quantitative estimate of drug-likeness (QED) is 0.687. The van der Waals surface area contributed by atoms with Crippen molar-refractivity contribution in [3.63, 3.8) is 0 Å². The average Bonchev–Trinajstić information content (AvgIpc) is 2.46. The van der Waals surface area contributed by atoms with Crippen molar-refractivity contribution in [3.05, 3.63) is 58.1 Å². The second-order valence-electron chi connectivity index (χ2n) is 4.13. The highest BCUT2D eigenvalue weighted by Crippen LogP contribution is 2.26. The van der Waals surface area contributed by atoms with E-state index < -0.39 is 5.97 Å². The van der Waals surface area contributed by atoms with Crippen molar-refractivity contribution in [1.29, 1.82) is 0 Å². The fraction of sp³-hybridized carbons (Fsp3) is 0.133. The van der Waals surface area contributed by atoms with E-state index in [0.29, 0.717) is 17.0 Å². The van der Waals surface area contributed by atoms with Crippen LogP contribution < -0.4 is 10.5 Å². The van der Waals surface area contributed by atoms with Crippen molar-refractivity contribution in [3.8, 4) is 5.75 Å². The summed E-state index contributed by atoms with van der Waals surface area (Å²) in [5.41, 5.74) is 7.39. The van der Waals surface area contributed by atoms with E-state index in [2.05, 4.69) is 15.9 Å². The molecule has 0 aliphatic rings. The predicted molar refractivity (Wildman–Crippen MR) is 80.7 cm³/mol. The van der Waals surface area contributed by atoms with Crippen LogP contribution in [0.2, 0.25) is 0 Å². The standard InChI is InChI=1S/C15H14BrNO3/c1-19-14-12(3-2-4-13(14)17)15(18)20-9-10-5-7-11(16)8-6-10/h2-8H,9,17H2,1H3. The molecule has 5 heteroatoms. The average molecular weight is 336 g/mol. The number of carbonyl (C=O) groups is 1. The summed E-state index contributed by atoms with van der Waals surface area (Å²) in [5.74, 6) is -0.120. The van der Waals surface area contributed by atoms with Gasteiger partial charge >= 0.3 is 5.97 Å². The Labute approximate surface area is 125 Å². The van der Waals surface area contributed by atoms with Crippen LogP contribution in [-0.4, -0.2) is 13.1 Å². The lowest BCUT2D eigenvalue weighted by molar-refractivity contribution is 0.0469. The van der Waals surface area contributed by atoms with E-state index in [0.717, 1.165) is 10.0 Å². The van der Waals surface area contributed by atoms with Gasteiger partial charge in [-0.3, -0.25) is 0 Å². The molecule has 0 aliphatic heterocycles. The van der Waals surface area contributed by atoms with E-state index in [-0.39, 0.29) is 6.61 Å². The maximum atomic E-state index is 12.0. The molecule has 0 heterocycles. The number of ether oxygens (including phenoxy) is 2. The minimum Gasteiger partial charge on any atom is -0.494 e.